The molecule has 1 amide bonds. The Bertz CT molecular complexity index is 1220. The van der Waals surface area contributed by atoms with Crippen molar-refractivity contribution in [2.75, 3.05) is 24.7 Å². The minimum Gasteiger partial charge on any atom is -0.493 e. The zero-order valence-corrected chi connectivity index (χ0v) is 21.6. The highest BCUT2D eigenvalue weighted by Gasteiger charge is 2.21. The number of carbonyl (C=O) groups is 1. The number of ether oxygens (including phenoxy) is 2. The number of hydrogen-bond acceptors (Lipinski definition) is 9. The van der Waals surface area contributed by atoms with E-state index in [1.807, 2.05) is 25.1 Å². The van der Waals surface area contributed by atoms with Crippen molar-refractivity contribution < 1.29 is 23.8 Å². The Morgan fingerprint density at radius 2 is 1.97 bits per heavy atom. The molecule has 3 N–H and O–H groups in total. The van der Waals surface area contributed by atoms with E-state index in [0.29, 0.717) is 12.2 Å². The van der Waals surface area contributed by atoms with Gasteiger partial charge in [-0.25, -0.2) is 14.2 Å². The average Bonchev–Trinajstić information content (AvgIpc) is 2.78. The van der Waals surface area contributed by atoms with Crippen LogP contribution in [0, 0.1) is 5.82 Å². The zero-order valence-electron chi connectivity index (χ0n) is 20.0. The summed E-state index contributed by atoms with van der Waals surface area (Å²) in [7, 11) is 0. The van der Waals surface area contributed by atoms with Crippen LogP contribution in [0.15, 0.2) is 29.4 Å². The van der Waals surface area contributed by atoms with E-state index in [-0.39, 0.29) is 34.6 Å². The maximum absolute atomic E-state index is 14.5. The van der Waals surface area contributed by atoms with Crippen LogP contribution < -0.4 is 15.4 Å². The lowest BCUT2D eigenvalue weighted by Gasteiger charge is -2.22. The van der Waals surface area contributed by atoms with E-state index in [4.69, 9.17) is 21.1 Å². The number of rotatable bonds is 8. The van der Waals surface area contributed by atoms with Crippen LogP contribution in [0.3, 0.4) is 0 Å². The van der Waals surface area contributed by atoms with E-state index >= 15 is 0 Å². The minimum atomic E-state index is -0.858. The molecule has 188 valence electrons. The number of carbonyl (C=O) groups excluding carboxylic acids is 1. The second-order valence-corrected chi connectivity index (χ2v) is 9.65. The molecular weight excluding hydrogens is 497 g/mol. The molecule has 0 aliphatic carbocycles. The first kappa shape index (κ1) is 26.7. The number of para-hydroxylation sites is 1. The molecule has 3 aromatic rings. The monoisotopic (exact) mass is 523 g/mol. The molecule has 1 aromatic carbocycles. The van der Waals surface area contributed by atoms with Gasteiger partial charge in [-0.05, 0) is 45.6 Å². The standard InChI is InChI=1S/C23H27ClFN5O4S/c1-12(13-8-6-7-9-14(13)27-22(32)34-23(2,3)4)26-10-11-33-20-15-17(16(25)18(24)29-20)28-21(35-5)30-19(15)31/h6-9,12,26H,10-11H2,1-5H3,(H,27,32)(H,28,30,31). The van der Waals surface area contributed by atoms with Crippen molar-refractivity contribution in [1.82, 2.24) is 20.3 Å². The van der Waals surface area contributed by atoms with Gasteiger partial charge in [-0.3, -0.25) is 5.32 Å². The molecule has 0 saturated carbocycles. The normalized spacial score (nSPS) is 12.4. The zero-order chi connectivity index (χ0) is 25.8. The molecule has 12 heteroatoms. The van der Waals surface area contributed by atoms with Gasteiger partial charge in [-0.2, -0.15) is 9.97 Å². The number of thioether (sulfide) groups is 1. The van der Waals surface area contributed by atoms with Crippen LogP contribution in [0.4, 0.5) is 14.9 Å². The lowest BCUT2D eigenvalue weighted by Crippen LogP contribution is -2.29. The fraction of sp³-hybridized carbons (Fsp3) is 0.391. The van der Waals surface area contributed by atoms with Crippen LogP contribution in [-0.2, 0) is 4.74 Å². The van der Waals surface area contributed by atoms with E-state index in [2.05, 4.69) is 25.6 Å². The molecule has 1 unspecified atom stereocenters. The second-order valence-electron chi connectivity index (χ2n) is 8.52. The van der Waals surface area contributed by atoms with Gasteiger partial charge < -0.3 is 19.9 Å². The summed E-state index contributed by atoms with van der Waals surface area (Å²) in [6, 6.07) is 7.20. The number of nitrogens with zero attached hydrogens (tertiary/aromatic N) is 3. The molecule has 35 heavy (non-hydrogen) atoms. The number of pyridine rings is 1. The topological polar surface area (TPSA) is 118 Å². The smallest absolute Gasteiger partial charge is 0.412 e. The van der Waals surface area contributed by atoms with Gasteiger partial charge in [0.15, 0.2) is 16.1 Å². The summed E-state index contributed by atoms with van der Waals surface area (Å²) in [5.74, 6) is -1.37. The van der Waals surface area contributed by atoms with E-state index < -0.39 is 28.5 Å². The van der Waals surface area contributed by atoms with E-state index in [1.54, 1.807) is 33.1 Å². The summed E-state index contributed by atoms with van der Waals surface area (Å²) in [4.78, 5) is 24.1. The summed E-state index contributed by atoms with van der Waals surface area (Å²) in [6.07, 6.45) is 1.16. The molecule has 0 spiro atoms. The summed E-state index contributed by atoms with van der Waals surface area (Å²) in [6.45, 7) is 7.81. The van der Waals surface area contributed by atoms with Crippen LogP contribution in [-0.4, -0.2) is 51.2 Å². The number of hydrogen-bond donors (Lipinski definition) is 3. The molecule has 1 atom stereocenters. The molecule has 2 heterocycles. The lowest BCUT2D eigenvalue weighted by atomic mass is 10.1. The van der Waals surface area contributed by atoms with Gasteiger partial charge >= 0.3 is 6.09 Å². The molecular formula is C23H27ClFN5O4S. The molecule has 0 fully saturated rings. The van der Waals surface area contributed by atoms with Gasteiger partial charge in [-0.1, -0.05) is 41.6 Å². The third kappa shape index (κ3) is 6.83. The van der Waals surface area contributed by atoms with Crippen molar-refractivity contribution in [1.29, 1.82) is 0 Å². The molecule has 0 aliphatic rings. The molecule has 9 nitrogen and oxygen atoms in total. The van der Waals surface area contributed by atoms with Gasteiger partial charge in [0.05, 0.1) is 0 Å². The molecule has 0 saturated heterocycles. The Morgan fingerprint density at radius 3 is 2.66 bits per heavy atom. The number of fused-ring (bicyclic) bond motifs is 1. The Labute approximate surface area is 211 Å². The van der Waals surface area contributed by atoms with Gasteiger partial charge in [0, 0.05) is 18.3 Å². The highest BCUT2D eigenvalue weighted by Crippen LogP contribution is 2.35. The Hall–Kier alpha value is -2.89. The predicted molar refractivity (Wildman–Crippen MR) is 134 cm³/mol. The first-order chi connectivity index (χ1) is 16.5. The van der Waals surface area contributed by atoms with Crippen molar-refractivity contribution in [2.24, 2.45) is 0 Å². The SMILES string of the molecule is CSc1nc(O)c2c(OCCNC(C)c3ccccc3NC(=O)OC(C)(C)C)nc(Cl)c(F)c2n1. The quantitative estimate of drug-likeness (QED) is 0.156. The van der Waals surface area contributed by atoms with Crippen LogP contribution in [0.5, 0.6) is 11.8 Å². The Balaban J connectivity index is 1.67. The van der Waals surface area contributed by atoms with Crippen LogP contribution in [0.2, 0.25) is 5.15 Å². The van der Waals surface area contributed by atoms with Gasteiger partial charge in [0.2, 0.25) is 11.8 Å². The maximum Gasteiger partial charge on any atom is 0.412 e. The first-order valence-electron chi connectivity index (χ1n) is 10.7. The van der Waals surface area contributed by atoms with Crippen LogP contribution >= 0.6 is 23.4 Å². The number of amides is 1. The van der Waals surface area contributed by atoms with Crippen molar-refractivity contribution >= 4 is 46.0 Å². The Kier molecular flexibility index (Phi) is 8.57. The minimum absolute atomic E-state index is 0.0512. The first-order valence-corrected chi connectivity index (χ1v) is 12.3. The highest BCUT2D eigenvalue weighted by molar-refractivity contribution is 7.98. The van der Waals surface area contributed by atoms with E-state index in [1.165, 1.54) is 0 Å². The maximum atomic E-state index is 14.5. The average molecular weight is 524 g/mol. The number of anilines is 1. The Morgan fingerprint density at radius 1 is 1.26 bits per heavy atom. The number of nitrogens with one attached hydrogen (secondary N) is 2. The third-order valence-corrected chi connectivity index (χ3v) is 5.51. The van der Waals surface area contributed by atoms with Crippen LogP contribution in [0.1, 0.15) is 39.3 Å². The fourth-order valence-corrected chi connectivity index (χ4v) is 3.73. The van der Waals surface area contributed by atoms with E-state index in [0.717, 1.165) is 17.3 Å². The fourth-order valence-electron chi connectivity index (χ4n) is 3.21. The summed E-state index contributed by atoms with van der Waals surface area (Å²) < 4.78 is 25.5. The molecule has 0 aliphatic heterocycles. The number of benzene rings is 1. The largest absolute Gasteiger partial charge is 0.493 e. The molecule has 0 bridgehead atoms. The van der Waals surface area contributed by atoms with Crippen molar-refractivity contribution in [3.63, 3.8) is 0 Å². The van der Waals surface area contributed by atoms with Gasteiger partial charge in [0.1, 0.15) is 23.1 Å². The predicted octanol–water partition coefficient (Wildman–Crippen LogP) is 5.32. The molecule has 0 radical (unpaired) electrons. The lowest BCUT2D eigenvalue weighted by molar-refractivity contribution is 0.0635. The van der Waals surface area contributed by atoms with Crippen molar-refractivity contribution in [3.8, 4) is 11.8 Å². The number of aromatic hydroxyl groups is 1. The van der Waals surface area contributed by atoms with Gasteiger partial charge in [0.25, 0.3) is 0 Å². The van der Waals surface area contributed by atoms with Crippen molar-refractivity contribution in [3.05, 3.63) is 40.8 Å². The van der Waals surface area contributed by atoms with Gasteiger partial charge in [-0.15, -0.1) is 0 Å². The van der Waals surface area contributed by atoms with Crippen LogP contribution in [0.25, 0.3) is 10.9 Å². The van der Waals surface area contributed by atoms with Crippen molar-refractivity contribution in [2.45, 2.75) is 44.5 Å². The number of halogens is 2. The number of aromatic nitrogens is 3. The molecule has 2 aromatic heterocycles. The summed E-state index contributed by atoms with van der Waals surface area (Å²) in [5.41, 5.74) is 0.688. The van der Waals surface area contributed by atoms with E-state index in [9.17, 15) is 14.3 Å². The summed E-state index contributed by atoms with van der Waals surface area (Å²) in [5, 5.41) is 16.1. The highest BCUT2D eigenvalue weighted by atomic mass is 35.5. The summed E-state index contributed by atoms with van der Waals surface area (Å²) >= 11 is 7.06. The third-order valence-electron chi connectivity index (χ3n) is 4.71. The molecule has 3 rings (SSSR count). The second kappa shape index (κ2) is 11.2.